The van der Waals surface area contributed by atoms with Crippen LogP contribution in [0.4, 0.5) is 11.4 Å². The van der Waals surface area contributed by atoms with Gasteiger partial charge < -0.3 is 11.1 Å². The Bertz CT molecular complexity index is 565. The van der Waals surface area contributed by atoms with E-state index >= 15 is 0 Å². The summed E-state index contributed by atoms with van der Waals surface area (Å²) < 4.78 is 0. The van der Waals surface area contributed by atoms with Gasteiger partial charge >= 0.3 is 0 Å². The predicted molar refractivity (Wildman–Crippen MR) is 87.9 cm³/mol. The highest BCUT2D eigenvalue weighted by molar-refractivity contribution is 9.09. The summed E-state index contributed by atoms with van der Waals surface area (Å²) in [5.41, 5.74) is 7.22. The number of nitrogens with two attached hydrogens (primary N) is 1. The number of nitrogen functional groups attached to an aromatic ring is 1. The molecule has 1 amide bonds. The van der Waals surface area contributed by atoms with E-state index in [9.17, 15) is 4.79 Å². The standard InChI is InChI=1S/C14H16BrN3OS/c15-8-5-6-11-9(7-8)13(19)18(14(20)17-11)12-4-2-1-3-10(12)16/h1-4,8-9,11H,5-7,16H2,(H,17,20). The predicted octanol–water partition coefficient (Wildman–Crippen LogP) is 2.42. The molecule has 1 aliphatic carbocycles. The number of halogens is 1. The van der Waals surface area contributed by atoms with Crippen molar-refractivity contribution in [2.75, 3.05) is 10.6 Å². The van der Waals surface area contributed by atoms with Gasteiger partial charge in [0.2, 0.25) is 5.91 Å². The Morgan fingerprint density at radius 3 is 2.85 bits per heavy atom. The Morgan fingerprint density at radius 1 is 1.35 bits per heavy atom. The van der Waals surface area contributed by atoms with Crippen molar-refractivity contribution in [1.29, 1.82) is 0 Å². The van der Waals surface area contributed by atoms with Crippen LogP contribution < -0.4 is 16.0 Å². The Kier molecular flexibility index (Phi) is 3.69. The second-order valence-electron chi connectivity index (χ2n) is 5.31. The molecule has 1 heterocycles. The molecule has 2 aliphatic rings. The lowest BCUT2D eigenvalue weighted by atomic mass is 9.82. The van der Waals surface area contributed by atoms with Gasteiger partial charge in [-0.1, -0.05) is 28.1 Å². The summed E-state index contributed by atoms with van der Waals surface area (Å²) in [6.45, 7) is 0. The van der Waals surface area contributed by atoms with E-state index in [1.165, 1.54) is 0 Å². The first-order valence-corrected chi connectivity index (χ1v) is 8.03. The van der Waals surface area contributed by atoms with Crippen molar-refractivity contribution in [1.82, 2.24) is 5.32 Å². The van der Waals surface area contributed by atoms with Crippen molar-refractivity contribution in [3.63, 3.8) is 0 Å². The highest BCUT2D eigenvalue weighted by Crippen LogP contribution is 2.35. The number of nitrogens with one attached hydrogen (secondary N) is 1. The number of alkyl halides is 1. The van der Waals surface area contributed by atoms with Crippen LogP contribution in [-0.2, 0) is 4.79 Å². The Balaban J connectivity index is 1.94. The van der Waals surface area contributed by atoms with Gasteiger partial charge in [-0.25, -0.2) is 0 Å². The summed E-state index contributed by atoms with van der Waals surface area (Å²) in [6.07, 6.45) is 2.87. The Morgan fingerprint density at radius 2 is 2.10 bits per heavy atom. The van der Waals surface area contributed by atoms with Gasteiger partial charge in [-0.3, -0.25) is 9.69 Å². The Hall–Kier alpha value is -1.14. The molecule has 1 aromatic carbocycles. The normalized spacial score (nSPS) is 29.9. The van der Waals surface area contributed by atoms with Crippen LogP contribution in [0.25, 0.3) is 0 Å². The molecule has 3 unspecified atom stereocenters. The zero-order valence-corrected chi connectivity index (χ0v) is 13.3. The van der Waals surface area contributed by atoms with E-state index in [0.29, 0.717) is 21.3 Å². The van der Waals surface area contributed by atoms with Crippen LogP contribution in [0.3, 0.4) is 0 Å². The van der Waals surface area contributed by atoms with Crippen LogP contribution in [-0.4, -0.2) is 21.9 Å². The second kappa shape index (κ2) is 5.33. The highest BCUT2D eigenvalue weighted by Gasteiger charge is 2.43. The maximum atomic E-state index is 12.8. The minimum atomic E-state index is -0.0422. The second-order valence-corrected chi connectivity index (χ2v) is 6.99. The molecule has 2 fully saturated rings. The molecule has 3 N–H and O–H groups in total. The fourth-order valence-corrected chi connectivity index (χ4v) is 3.98. The van der Waals surface area contributed by atoms with Gasteiger partial charge in [0.25, 0.3) is 0 Å². The number of para-hydroxylation sites is 2. The van der Waals surface area contributed by atoms with Crippen molar-refractivity contribution >= 4 is 50.5 Å². The zero-order chi connectivity index (χ0) is 14.3. The maximum Gasteiger partial charge on any atom is 0.238 e. The van der Waals surface area contributed by atoms with Gasteiger partial charge in [0, 0.05) is 10.9 Å². The molecule has 6 heteroatoms. The smallest absolute Gasteiger partial charge is 0.238 e. The molecule has 1 saturated carbocycles. The third kappa shape index (κ3) is 2.31. The lowest BCUT2D eigenvalue weighted by Gasteiger charge is -2.43. The summed E-state index contributed by atoms with van der Waals surface area (Å²) in [6, 6.07) is 7.48. The van der Waals surface area contributed by atoms with Crippen molar-refractivity contribution in [3.8, 4) is 0 Å². The molecule has 0 radical (unpaired) electrons. The average molecular weight is 354 g/mol. The molecule has 106 valence electrons. The molecule has 1 aromatic rings. The van der Waals surface area contributed by atoms with Crippen LogP contribution in [0.1, 0.15) is 19.3 Å². The largest absolute Gasteiger partial charge is 0.397 e. The van der Waals surface area contributed by atoms with Gasteiger partial charge in [0.15, 0.2) is 5.11 Å². The van der Waals surface area contributed by atoms with Crippen molar-refractivity contribution < 1.29 is 4.79 Å². The molecule has 4 nitrogen and oxygen atoms in total. The molecule has 0 bridgehead atoms. The number of carbonyl (C=O) groups is 1. The van der Waals surface area contributed by atoms with Crippen molar-refractivity contribution in [2.45, 2.75) is 30.1 Å². The van der Waals surface area contributed by atoms with E-state index in [2.05, 4.69) is 21.2 Å². The highest BCUT2D eigenvalue weighted by atomic mass is 79.9. The molecule has 0 spiro atoms. The monoisotopic (exact) mass is 353 g/mol. The van der Waals surface area contributed by atoms with Crippen LogP contribution >= 0.6 is 28.1 Å². The summed E-state index contributed by atoms with van der Waals surface area (Å²) in [5.74, 6) is 0.0141. The van der Waals surface area contributed by atoms with Crippen LogP contribution in [0, 0.1) is 5.92 Å². The zero-order valence-electron chi connectivity index (χ0n) is 10.9. The molecule has 3 rings (SSSR count). The maximum absolute atomic E-state index is 12.8. The van der Waals surface area contributed by atoms with E-state index in [-0.39, 0.29) is 17.9 Å². The van der Waals surface area contributed by atoms with E-state index < -0.39 is 0 Å². The number of hydrogen-bond acceptors (Lipinski definition) is 3. The lowest BCUT2D eigenvalue weighted by Crippen LogP contribution is -2.61. The first-order chi connectivity index (χ1) is 9.58. The number of hydrogen-bond donors (Lipinski definition) is 2. The third-order valence-electron chi connectivity index (χ3n) is 4.01. The first kappa shape index (κ1) is 13.8. The van der Waals surface area contributed by atoms with Crippen molar-refractivity contribution in [2.24, 2.45) is 5.92 Å². The Labute approximate surface area is 131 Å². The molecular weight excluding hydrogens is 338 g/mol. The van der Waals surface area contributed by atoms with Gasteiger partial charge in [0.05, 0.1) is 17.3 Å². The number of amides is 1. The molecule has 20 heavy (non-hydrogen) atoms. The van der Waals surface area contributed by atoms with E-state index in [1.807, 2.05) is 18.2 Å². The SMILES string of the molecule is Nc1ccccc1N1C(=O)C2CC(Br)CCC2NC1=S. The fraction of sp³-hybridized carbons (Fsp3) is 0.429. The van der Waals surface area contributed by atoms with E-state index in [4.69, 9.17) is 18.0 Å². The summed E-state index contributed by atoms with van der Waals surface area (Å²) in [5, 5.41) is 3.77. The fourth-order valence-electron chi connectivity index (χ4n) is 2.97. The average Bonchev–Trinajstić information content (AvgIpc) is 2.42. The quantitative estimate of drug-likeness (QED) is 0.462. The summed E-state index contributed by atoms with van der Waals surface area (Å²) in [7, 11) is 0. The number of anilines is 2. The van der Waals surface area contributed by atoms with Crippen LogP contribution in [0.15, 0.2) is 24.3 Å². The molecule has 3 atom stereocenters. The van der Waals surface area contributed by atoms with E-state index in [0.717, 1.165) is 19.3 Å². The van der Waals surface area contributed by atoms with Gasteiger partial charge in [0.1, 0.15) is 0 Å². The minimum absolute atomic E-state index is 0.0422. The van der Waals surface area contributed by atoms with Crippen LogP contribution in [0.5, 0.6) is 0 Å². The number of thiocarbonyl (C=S) groups is 1. The third-order valence-corrected chi connectivity index (χ3v) is 5.15. The summed E-state index contributed by atoms with van der Waals surface area (Å²) >= 11 is 9.00. The molecule has 0 aromatic heterocycles. The van der Waals surface area contributed by atoms with Crippen molar-refractivity contribution in [3.05, 3.63) is 24.3 Å². The van der Waals surface area contributed by atoms with Gasteiger partial charge in [-0.2, -0.15) is 0 Å². The number of fused-ring (bicyclic) bond motifs is 1. The summed E-state index contributed by atoms with van der Waals surface area (Å²) in [4.78, 5) is 14.7. The molecule has 1 saturated heterocycles. The van der Waals surface area contributed by atoms with Gasteiger partial charge in [-0.05, 0) is 43.6 Å². The number of rotatable bonds is 1. The molecule has 1 aliphatic heterocycles. The topological polar surface area (TPSA) is 58.4 Å². The first-order valence-electron chi connectivity index (χ1n) is 6.71. The van der Waals surface area contributed by atoms with Crippen LogP contribution in [0.2, 0.25) is 0 Å². The number of carbonyl (C=O) groups excluding carboxylic acids is 1. The number of benzene rings is 1. The van der Waals surface area contributed by atoms with Gasteiger partial charge in [-0.15, -0.1) is 0 Å². The number of nitrogens with zero attached hydrogens (tertiary/aromatic N) is 1. The minimum Gasteiger partial charge on any atom is -0.397 e. The van der Waals surface area contributed by atoms with E-state index in [1.54, 1.807) is 11.0 Å². The molecular formula is C14H16BrN3OS. The lowest BCUT2D eigenvalue weighted by molar-refractivity contribution is -0.123.